The average molecular weight is 315 g/mol. The number of hydrogen-bond acceptors (Lipinski definition) is 4. The molecule has 0 fully saturated rings. The molecule has 0 atom stereocenters. The van der Waals surface area contributed by atoms with Crippen LogP contribution in [0.25, 0.3) is 5.69 Å². The summed E-state index contributed by atoms with van der Waals surface area (Å²) < 4.78 is 1.72. The van der Waals surface area contributed by atoms with Crippen LogP contribution in [0, 0.1) is 6.92 Å². The van der Waals surface area contributed by atoms with Crippen molar-refractivity contribution < 1.29 is 4.79 Å². The lowest BCUT2D eigenvalue weighted by molar-refractivity contribution is 0.0935. The number of benzene rings is 1. The highest BCUT2D eigenvalue weighted by Crippen LogP contribution is 2.23. The fourth-order valence-electron chi connectivity index (χ4n) is 2.27. The van der Waals surface area contributed by atoms with Gasteiger partial charge in [-0.3, -0.25) is 4.79 Å². The summed E-state index contributed by atoms with van der Waals surface area (Å²) in [5.74, 6) is 0.873. The number of para-hydroxylation sites is 1. The molecule has 6 heteroatoms. The highest BCUT2D eigenvalue weighted by atomic mass is 16.2. The van der Waals surface area contributed by atoms with E-state index in [1.54, 1.807) is 4.68 Å². The summed E-state index contributed by atoms with van der Waals surface area (Å²) in [6, 6.07) is 8.01. The van der Waals surface area contributed by atoms with Gasteiger partial charge in [-0.25, -0.2) is 9.67 Å². The van der Waals surface area contributed by atoms with Crippen molar-refractivity contribution in [3.05, 3.63) is 41.5 Å². The molecule has 23 heavy (non-hydrogen) atoms. The van der Waals surface area contributed by atoms with Gasteiger partial charge < -0.3 is 11.1 Å². The Morgan fingerprint density at radius 3 is 2.61 bits per heavy atom. The van der Waals surface area contributed by atoms with Crippen molar-refractivity contribution in [1.82, 2.24) is 20.1 Å². The van der Waals surface area contributed by atoms with E-state index in [0.29, 0.717) is 18.3 Å². The Hall–Kier alpha value is -2.21. The summed E-state index contributed by atoms with van der Waals surface area (Å²) in [5, 5.41) is 7.14. The maximum absolute atomic E-state index is 12.2. The highest BCUT2D eigenvalue weighted by molar-refractivity contribution is 5.90. The second kappa shape index (κ2) is 6.50. The minimum absolute atomic E-state index is 0.158. The van der Waals surface area contributed by atoms with E-state index in [-0.39, 0.29) is 11.7 Å². The Labute approximate surface area is 137 Å². The van der Waals surface area contributed by atoms with Crippen LogP contribution in [0.2, 0.25) is 0 Å². The molecule has 6 nitrogen and oxygen atoms in total. The SMILES string of the molecule is Cc1nc(C(=O)NCC(C)(C)N)nn1-c1ccccc1C(C)C. The quantitative estimate of drug-likeness (QED) is 0.885. The van der Waals surface area contributed by atoms with Gasteiger partial charge in [0.1, 0.15) is 5.82 Å². The topological polar surface area (TPSA) is 85.8 Å². The number of nitrogens with one attached hydrogen (secondary N) is 1. The van der Waals surface area contributed by atoms with Crippen molar-refractivity contribution >= 4 is 5.91 Å². The number of aryl methyl sites for hydroxylation is 1. The first-order valence-corrected chi connectivity index (χ1v) is 7.79. The van der Waals surface area contributed by atoms with E-state index in [9.17, 15) is 4.79 Å². The second-order valence-electron chi connectivity index (χ2n) is 6.78. The van der Waals surface area contributed by atoms with E-state index in [2.05, 4.69) is 35.3 Å². The number of hydrogen-bond donors (Lipinski definition) is 2. The molecule has 0 aliphatic rings. The fourth-order valence-corrected chi connectivity index (χ4v) is 2.27. The van der Waals surface area contributed by atoms with Crippen molar-refractivity contribution in [3.63, 3.8) is 0 Å². The maximum atomic E-state index is 12.2. The van der Waals surface area contributed by atoms with E-state index < -0.39 is 5.54 Å². The van der Waals surface area contributed by atoms with Gasteiger partial charge in [-0.2, -0.15) is 0 Å². The molecular formula is C17H25N5O. The van der Waals surface area contributed by atoms with Crippen LogP contribution in [0.4, 0.5) is 0 Å². The molecule has 0 unspecified atom stereocenters. The van der Waals surface area contributed by atoms with Crippen molar-refractivity contribution in [2.75, 3.05) is 6.54 Å². The van der Waals surface area contributed by atoms with Crippen LogP contribution in [0.3, 0.4) is 0 Å². The summed E-state index contributed by atoms with van der Waals surface area (Å²) in [6.45, 7) is 10.2. The van der Waals surface area contributed by atoms with Crippen LogP contribution in [-0.4, -0.2) is 32.8 Å². The smallest absolute Gasteiger partial charge is 0.291 e. The number of carbonyl (C=O) groups is 1. The van der Waals surface area contributed by atoms with Crippen molar-refractivity contribution in [2.45, 2.75) is 46.1 Å². The molecule has 0 saturated heterocycles. The molecule has 0 aliphatic heterocycles. The Morgan fingerprint density at radius 1 is 1.35 bits per heavy atom. The highest BCUT2D eigenvalue weighted by Gasteiger charge is 2.19. The van der Waals surface area contributed by atoms with Gasteiger partial charge >= 0.3 is 0 Å². The minimum Gasteiger partial charge on any atom is -0.347 e. The van der Waals surface area contributed by atoms with Crippen LogP contribution in [0.5, 0.6) is 0 Å². The van der Waals surface area contributed by atoms with Crippen molar-refractivity contribution in [2.24, 2.45) is 5.73 Å². The number of nitrogens with two attached hydrogens (primary N) is 1. The predicted molar refractivity (Wildman–Crippen MR) is 90.8 cm³/mol. The molecule has 124 valence electrons. The largest absolute Gasteiger partial charge is 0.347 e. The van der Waals surface area contributed by atoms with Gasteiger partial charge in [-0.15, -0.1) is 5.10 Å². The molecule has 1 amide bonds. The zero-order chi connectivity index (χ0) is 17.2. The number of amides is 1. The summed E-state index contributed by atoms with van der Waals surface area (Å²) in [6.07, 6.45) is 0. The number of aromatic nitrogens is 3. The molecule has 0 bridgehead atoms. The Kier molecular flexibility index (Phi) is 4.85. The van der Waals surface area contributed by atoms with Gasteiger partial charge in [0.05, 0.1) is 5.69 Å². The minimum atomic E-state index is -0.475. The van der Waals surface area contributed by atoms with Crippen LogP contribution >= 0.6 is 0 Å². The molecule has 2 aromatic rings. The Bertz CT molecular complexity index is 697. The van der Waals surface area contributed by atoms with Gasteiger partial charge in [-0.1, -0.05) is 32.0 Å². The molecular weight excluding hydrogens is 290 g/mol. The lowest BCUT2D eigenvalue weighted by Gasteiger charge is -2.18. The lowest BCUT2D eigenvalue weighted by Crippen LogP contribution is -2.45. The van der Waals surface area contributed by atoms with E-state index in [1.807, 2.05) is 39.0 Å². The first-order chi connectivity index (χ1) is 10.7. The summed E-state index contributed by atoms with van der Waals surface area (Å²) >= 11 is 0. The zero-order valence-electron chi connectivity index (χ0n) is 14.4. The molecule has 1 heterocycles. The monoisotopic (exact) mass is 315 g/mol. The summed E-state index contributed by atoms with van der Waals surface area (Å²) in [4.78, 5) is 16.5. The van der Waals surface area contributed by atoms with Gasteiger partial charge in [0.15, 0.2) is 0 Å². The lowest BCUT2D eigenvalue weighted by atomic mass is 10.0. The molecule has 0 aliphatic carbocycles. The molecule has 1 aromatic carbocycles. The fraction of sp³-hybridized carbons (Fsp3) is 0.471. The first kappa shape index (κ1) is 17.1. The zero-order valence-corrected chi connectivity index (χ0v) is 14.4. The third kappa shape index (κ3) is 4.16. The second-order valence-corrected chi connectivity index (χ2v) is 6.78. The summed E-state index contributed by atoms with van der Waals surface area (Å²) in [7, 11) is 0. The van der Waals surface area contributed by atoms with Crippen LogP contribution in [-0.2, 0) is 0 Å². The van der Waals surface area contributed by atoms with E-state index in [0.717, 1.165) is 11.3 Å². The molecule has 0 saturated carbocycles. The summed E-state index contributed by atoms with van der Waals surface area (Å²) in [5.41, 5.74) is 7.52. The number of carbonyl (C=O) groups excluding carboxylic acids is 1. The maximum Gasteiger partial charge on any atom is 0.291 e. The first-order valence-electron chi connectivity index (χ1n) is 7.79. The number of rotatable bonds is 5. The molecule has 1 aromatic heterocycles. The van der Waals surface area contributed by atoms with Crippen LogP contribution in [0.15, 0.2) is 24.3 Å². The van der Waals surface area contributed by atoms with Crippen LogP contribution in [0.1, 0.15) is 55.6 Å². The average Bonchev–Trinajstić information content (AvgIpc) is 2.86. The molecule has 3 N–H and O–H groups in total. The van der Waals surface area contributed by atoms with E-state index in [1.165, 1.54) is 0 Å². The van der Waals surface area contributed by atoms with Gasteiger partial charge in [0, 0.05) is 12.1 Å². The molecule has 0 spiro atoms. The Balaban J connectivity index is 2.30. The Morgan fingerprint density at radius 2 is 2.00 bits per heavy atom. The van der Waals surface area contributed by atoms with Gasteiger partial charge in [-0.05, 0) is 38.3 Å². The molecule has 0 radical (unpaired) electrons. The van der Waals surface area contributed by atoms with Crippen molar-refractivity contribution in [1.29, 1.82) is 0 Å². The van der Waals surface area contributed by atoms with Gasteiger partial charge in [0.25, 0.3) is 5.91 Å². The third-order valence-electron chi connectivity index (χ3n) is 3.46. The molecule has 2 rings (SSSR count). The predicted octanol–water partition coefficient (Wildman–Crippen LogP) is 2.17. The standard InChI is InChI=1S/C17H25N5O/c1-11(2)13-8-6-7-9-14(13)22-12(3)20-15(21-22)16(23)19-10-17(4,5)18/h6-9,11H,10,18H2,1-5H3,(H,19,23). The normalized spacial score (nSPS) is 11.8. The van der Waals surface area contributed by atoms with Gasteiger partial charge in [0.2, 0.25) is 5.82 Å². The van der Waals surface area contributed by atoms with Crippen molar-refractivity contribution in [3.8, 4) is 5.69 Å². The van der Waals surface area contributed by atoms with E-state index in [4.69, 9.17) is 5.73 Å². The van der Waals surface area contributed by atoms with Crippen LogP contribution < -0.4 is 11.1 Å². The number of nitrogens with zero attached hydrogens (tertiary/aromatic N) is 3. The third-order valence-corrected chi connectivity index (χ3v) is 3.46. The van der Waals surface area contributed by atoms with E-state index >= 15 is 0 Å².